The van der Waals surface area contributed by atoms with Crippen LogP contribution in [0, 0.1) is 5.92 Å². The molecule has 1 unspecified atom stereocenters. The number of piperidine rings is 1. The van der Waals surface area contributed by atoms with Gasteiger partial charge in [0.25, 0.3) is 5.91 Å². The lowest BCUT2D eigenvalue weighted by atomic mass is 9.98. The van der Waals surface area contributed by atoms with Gasteiger partial charge in [0.05, 0.1) is 5.75 Å². The van der Waals surface area contributed by atoms with Crippen LogP contribution in [0.1, 0.15) is 40.7 Å². The number of aliphatic hydroxyl groups is 1. The number of hydrogen-bond acceptors (Lipinski definition) is 4. The molecule has 1 saturated heterocycles. The normalized spacial score (nSPS) is 18.2. The first-order valence-corrected chi connectivity index (χ1v) is 11.7. The summed E-state index contributed by atoms with van der Waals surface area (Å²) in [5, 5.41) is 12.3. The summed E-state index contributed by atoms with van der Waals surface area (Å²) < 4.78 is 0. The fourth-order valence-electron chi connectivity index (χ4n) is 4.30. The number of anilines is 1. The van der Waals surface area contributed by atoms with E-state index in [1.165, 1.54) is 29.3 Å². The van der Waals surface area contributed by atoms with Crippen LogP contribution in [-0.4, -0.2) is 47.3 Å². The molecule has 0 bridgehead atoms. The van der Waals surface area contributed by atoms with E-state index in [9.17, 15) is 14.7 Å². The van der Waals surface area contributed by atoms with Gasteiger partial charge in [-0.25, -0.2) is 0 Å². The van der Waals surface area contributed by atoms with E-state index in [-0.39, 0.29) is 24.3 Å². The van der Waals surface area contributed by atoms with E-state index < -0.39 is 0 Å². The SMILES string of the molecule is O=C(CSc1ccc2c(c1)CCC2)Nc1cccc(C(=O)N2CCCC(CO)C2)c1. The molecule has 1 heterocycles. The van der Waals surface area contributed by atoms with Gasteiger partial charge in [-0.3, -0.25) is 9.59 Å². The minimum atomic E-state index is -0.0802. The van der Waals surface area contributed by atoms with Gasteiger partial charge >= 0.3 is 0 Å². The summed E-state index contributed by atoms with van der Waals surface area (Å²) in [5.41, 5.74) is 4.05. The number of nitrogens with one attached hydrogen (secondary N) is 1. The molecule has 5 nitrogen and oxygen atoms in total. The molecule has 1 aliphatic heterocycles. The van der Waals surface area contributed by atoms with Crippen molar-refractivity contribution in [3.05, 3.63) is 59.2 Å². The van der Waals surface area contributed by atoms with Crippen LogP contribution in [0.15, 0.2) is 47.4 Å². The maximum atomic E-state index is 12.8. The zero-order chi connectivity index (χ0) is 20.9. The van der Waals surface area contributed by atoms with Gasteiger partial charge in [-0.1, -0.05) is 12.1 Å². The Balaban J connectivity index is 1.33. The molecule has 1 atom stereocenters. The molecule has 2 aromatic rings. The first-order chi connectivity index (χ1) is 14.6. The molecule has 0 aromatic heterocycles. The highest BCUT2D eigenvalue weighted by molar-refractivity contribution is 8.00. The Hall–Kier alpha value is -2.31. The highest BCUT2D eigenvalue weighted by atomic mass is 32.2. The molecule has 158 valence electrons. The molecule has 4 rings (SSSR count). The molecule has 0 saturated carbocycles. The molecule has 6 heteroatoms. The molecule has 2 aliphatic rings. The lowest BCUT2D eigenvalue weighted by molar-refractivity contribution is -0.113. The zero-order valence-corrected chi connectivity index (χ0v) is 17.9. The first kappa shape index (κ1) is 20.9. The van der Waals surface area contributed by atoms with Crippen molar-refractivity contribution < 1.29 is 14.7 Å². The summed E-state index contributed by atoms with van der Waals surface area (Å²) >= 11 is 1.54. The quantitative estimate of drug-likeness (QED) is 0.693. The number of hydrogen-bond donors (Lipinski definition) is 2. The average Bonchev–Trinajstić information content (AvgIpc) is 3.25. The minimum Gasteiger partial charge on any atom is -0.396 e. The number of amides is 2. The third kappa shape index (κ3) is 5.05. The Morgan fingerprint density at radius 3 is 2.83 bits per heavy atom. The Bertz CT molecular complexity index is 930. The van der Waals surface area contributed by atoms with Crippen LogP contribution in [0.2, 0.25) is 0 Å². The van der Waals surface area contributed by atoms with Gasteiger partial charge in [-0.05, 0) is 79.5 Å². The summed E-state index contributed by atoms with van der Waals surface area (Å²) in [5.74, 6) is 0.364. The fourth-order valence-corrected chi connectivity index (χ4v) is 5.05. The maximum Gasteiger partial charge on any atom is 0.253 e. The third-order valence-electron chi connectivity index (χ3n) is 5.90. The number of thioether (sulfide) groups is 1. The number of fused-ring (bicyclic) bond motifs is 1. The standard InChI is InChI=1S/C24H28N2O3S/c27-15-17-4-3-11-26(14-17)24(29)20-7-2-8-21(12-20)25-23(28)16-30-22-10-9-18-5-1-6-19(18)13-22/h2,7-10,12-13,17,27H,1,3-6,11,14-16H2,(H,25,28). The second-order valence-electron chi connectivity index (χ2n) is 8.14. The number of likely N-dealkylation sites (tertiary alicyclic amines) is 1. The van der Waals surface area contributed by atoms with Crippen molar-refractivity contribution in [2.45, 2.75) is 37.0 Å². The van der Waals surface area contributed by atoms with Crippen molar-refractivity contribution in [3.8, 4) is 0 Å². The van der Waals surface area contributed by atoms with Crippen molar-refractivity contribution in [2.75, 3.05) is 30.8 Å². The number of rotatable bonds is 6. The highest BCUT2D eigenvalue weighted by Gasteiger charge is 2.24. The van der Waals surface area contributed by atoms with E-state index in [0.29, 0.717) is 30.1 Å². The van der Waals surface area contributed by atoms with Crippen LogP contribution in [0.25, 0.3) is 0 Å². The second kappa shape index (κ2) is 9.67. The van der Waals surface area contributed by atoms with Gasteiger partial charge in [-0.2, -0.15) is 0 Å². The smallest absolute Gasteiger partial charge is 0.253 e. The molecule has 1 aliphatic carbocycles. The Morgan fingerprint density at radius 1 is 1.10 bits per heavy atom. The summed E-state index contributed by atoms with van der Waals surface area (Å²) in [4.78, 5) is 28.2. The maximum absolute atomic E-state index is 12.8. The fraction of sp³-hybridized carbons (Fsp3) is 0.417. The summed E-state index contributed by atoms with van der Waals surface area (Å²) in [6, 6.07) is 13.6. The van der Waals surface area contributed by atoms with E-state index in [4.69, 9.17) is 0 Å². The first-order valence-electron chi connectivity index (χ1n) is 10.7. The third-order valence-corrected chi connectivity index (χ3v) is 6.89. The lowest BCUT2D eigenvalue weighted by Gasteiger charge is -2.32. The van der Waals surface area contributed by atoms with E-state index in [2.05, 4.69) is 23.5 Å². The molecule has 2 aromatic carbocycles. The van der Waals surface area contributed by atoms with Gasteiger partial charge in [-0.15, -0.1) is 11.8 Å². The topological polar surface area (TPSA) is 69.6 Å². The van der Waals surface area contributed by atoms with Crippen molar-refractivity contribution in [3.63, 3.8) is 0 Å². The number of aryl methyl sites for hydroxylation is 2. The van der Waals surface area contributed by atoms with Gasteiger partial charge in [0, 0.05) is 35.8 Å². The average molecular weight is 425 g/mol. The molecular weight excluding hydrogens is 396 g/mol. The molecule has 0 radical (unpaired) electrons. The van der Waals surface area contributed by atoms with Gasteiger partial charge in [0.15, 0.2) is 0 Å². The number of benzene rings is 2. The lowest BCUT2D eigenvalue weighted by Crippen LogP contribution is -2.40. The molecule has 30 heavy (non-hydrogen) atoms. The predicted molar refractivity (Wildman–Crippen MR) is 120 cm³/mol. The zero-order valence-electron chi connectivity index (χ0n) is 17.1. The Kier molecular flexibility index (Phi) is 6.75. The van der Waals surface area contributed by atoms with Crippen LogP contribution in [0.5, 0.6) is 0 Å². The molecular formula is C24H28N2O3S. The number of nitrogens with zero attached hydrogens (tertiary/aromatic N) is 1. The second-order valence-corrected chi connectivity index (χ2v) is 9.19. The highest BCUT2D eigenvalue weighted by Crippen LogP contribution is 2.27. The predicted octanol–water partition coefficient (Wildman–Crippen LogP) is 3.75. The summed E-state index contributed by atoms with van der Waals surface area (Å²) in [6.45, 7) is 1.41. The van der Waals surface area contributed by atoms with Crippen LogP contribution < -0.4 is 5.32 Å². The van der Waals surface area contributed by atoms with Crippen LogP contribution in [-0.2, 0) is 17.6 Å². The van der Waals surface area contributed by atoms with Crippen LogP contribution >= 0.6 is 11.8 Å². The van der Waals surface area contributed by atoms with Crippen molar-refractivity contribution in [1.29, 1.82) is 0 Å². The van der Waals surface area contributed by atoms with E-state index >= 15 is 0 Å². The largest absolute Gasteiger partial charge is 0.396 e. The monoisotopic (exact) mass is 424 g/mol. The van der Waals surface area contributed by atoms with Crippen molar-refractivity contribution in [1.82, 2.24) is 4.90 Å². The van der Waals surface area contributed by atoms with Gasteiger partial charge < -0.3 is 15.3 Å². The van der Waals surface area contributed by atoms with Crippen molar-refractivity contribution >= 4 is 29.3 Å². The summed E-state index contributed by atoms with van der Waals surface area (Å²) in [7, 11) is 0. The number of carbonyl (C=O) groups excluding carboxylic acids is 2. The van der Waals surface area contributed by atoms with Gasteiger partial charge in [0.2, 0.25) is 5.91 Å². The van der Waals surface area contributed by atoms with Crippen molar-refractivity contribution in [2.24, 2.45) is 5.92 Å². The molecule has 1 fully saturated rings. The summed E-state index contributed by atoms with van der Waals surface area (Å²) in [6.07, 6.45) is 5.38. The number of carbonyl (C=O) groups is 2. The van der Waals surface area contributed by atoms with E-state index in [1.807, 2.05) is 6.07 Å². The van der Waals surface area contributed by atoms with E-state index in [0.717, 1.165) is 30.6 Å². The Morgan fingerprint density at radius 2 is 1.97 bits per heavy atom. The van der Waals surface area contributed by atoms with Crippen LogP contribution in [0.3, 0.4) is 0 Å². The Labute approximate surface area is 181 Å². The van der Waals surface area contributed by atoms with Crippen LogP contribution in [0.4, 0.5) is 5.69 Å². The van der Waals surface area contributed by atoms with Gasteiger partial charge in [0.1, 0.15) is 0 Å². The molecule has 2 N–H and O–H groups in total. The molecule has 2 amide bonds. The molecule has 0 spiro atoms. The number of aliphatic hydroxyl groups excluding tert-OH is 1. The minimum absolute atomic E-state index is 0.0447. The van der Waals surface area contributed by atoms with E-state index in [1.54, 1.807) is 23.1 Å².